The zero-order chi connectivity index (χ0) is 13.3. The van der Waals surface area contributed by atoms with Gasteiger partial charge in [-0.1, -0.05) is 17.3 Å². The Kier molecular flexibility index (Phi) is 3.01. The van der Waals surface area contributed by atoms with E-state index in [1.165, 1.54) is 0 Å². The van der Waals surface area contributed by atoms with Gasteiger partial charge in [0.05, 0.1) is 5.69 Å². The number of nitrogens with zero attached hydrogens (tertiary/aromatic N) is 4. The number of aromatic nitrogens is 3. The molecule has 2 rings (SSSR count). The van der Waals surface area contributed by atoms with E-state index >= 15 is 0 Å². The van der Waals surface area contributed by atoms with Crippen LogP contribution < -0.4 is 5.73 Å². The summed E-state index contributed by atoms with van der Waals surface area (Å²) in [7, 11) is 0. The van der Waals surface area contributed by atoms with Crippen molar-refractivity contribution in [1.82, 2.24) is 14.8 Å². The van der Waals surface area contributed by atoms with Gasteiger partial charge in [0.1, 0.15) is 11.6 Å². The fourth-order valence-electron chi connectivity index (χ4n) is 1.93. The van der Waals surface area contributed by atoms with Crippen LogP contribution in [0.2, 0.25) is 0 Å². The van der Waals surface area contributed by atoms with E-state index in [9.17, 15) is 0 Å². The van der Waals surface area contributed by atoms with Gasteiger partial charge in [0.2, 0.25) is 0 Å². The van der Waals surface area contributed by atoms with Crippen molar-refractivity contribution in [3.05, 3.63) is 41.0 Å². The maximum Gasteiger partial charge on any atom is 0.172 e. The fourth-order valence-corrected chi connectivity index (χ4v) is 1.93. The standard InChI is InChI=1S/C12H15N5O/c1-7-5-4-6-10(12(13)16-18)11(7)17-9(3)14-8(2)15-17/h4-6,18H,1-3H3,(H2,13,16). The normalized spacial score (nSPS) is 11.8. The Hall–Kier alpha value is -2.37. The zero-order valence-electron chi connectivity index (χ0n) is 10.5. The molecule has 18 heavy (non-hydrogen) atoms. The summed E-state index contributed by atoms with van der Waals surface area (Å²) in [6, 6.07) is 5.58. The third kappa shape index (κ3) is 1.92. The number of benzene rings is 1. The molecule has 1 aromatic heterocycles. The third-order valence-electron chi connectivity index (χ3n) is 2.71. The summed E-state index contributed by atoms with van der Waals surface area (Å²) in [6.45, 7) is 5.63. The maximum absolute atomic E-state index is 8.84. The van der Waals surface area contributed by atoms with Gasteiger partial charge in [0.25, 0.3) is 0 Å². The van der Waals surface area contributed by atoms with Crippen LogP contribution in [0, 0.1) is 20.8 Å². The largest absolute Gasteiger partial charge is 0.409 e. The van der Waals surface area contributed by atoms with Crippen LogP contribution in [0.4, 0.5) is 0 Å². The Balaban J connectivity index is 2.74. The van der Waals surface area contributed by atoms with Crippen molar-refractivity contribution in [1.29, 1.82) is 0 Å². The van der Waals surface area contributed by atoms with Gasteiger partial charge < -0.3 is 10.9 Å². The minimum Gasteiger partial charge on any atom is -0.409 e. The van der Waals surface area contributed by atoms with Crippen molar-refractivity contribution in [2.75, 3.05) is 0 Å². The Morgan fingerprint density at radius 3 is 2.61 bits per heavy atom. The number of amidine groups is 1. The highest BCUT2D eigenvalue weighted by molar-refractivity contribution is 6.00. The van der Waals surface area contributed by atoms with Gasteiger partial charge >= 0.3 is 0 Å². The highest BCUT2D eigenvalue weighted by Gasteiger charge is 2.15. The monoisotopic (exact) mass is 245 g/mol. The lowest BCUT2D eigenvalue weighted by molar-refractivity contribution is 0.318. The summed E-state index contributed by atoms with van der Waals surface area (Å²) < 4.78 is 1.71. The first-order chi connectivity index (χ1) is 8.54. The van der Waals surface area contributed by atoms with Crippen LogP contribution in [0.3, 0.4) is 0 Å². The molecule has 0 aliphatic heterocycles. The molecule has 0 saturated carbocycles. The minimum absolute atomic E-state index is 0.0567. The van der Waals surface area contributed by atoms with E-state index in [-0.39, 0.29) is 5.84 Å². The number of aryl methyl sites for hydroxylation is 3. The van der Waals surface area contributed by atoms with E-state index in [1.54, 1.807) is 10.7 Å². The van der Waals surface area contributed by atoms with Crippen LogP contribution >= 0.6 is 0 Å². The SMILES string of the molecule is Cc1nc(C)n(-c2c(C)cccc2/C(N)=N/O)n1. The minimum atomic E-state index is 0.0567. The lowest BCUT2D eigenvalue weighted by Crippen LogP contribution is -2.18. The molecule has 0 atom stereocenters. The van der Waals surface area contributed by atoms with Crippen LogP contribution in [0.1, 0.15) is 22.8 Å². The van der Waals surface area contributed by atoms with Crippen molar-refractivity contribution in [2.45, 2.75) is 20.8 Å². The van der Waals surface area contributed by atoms with E-state index in [4.69, 9.17) is 10.9 Å². The molecule has 0 unspecified atom stereocenters. The van der Waals surface area contributed by atoms with Crippen LogP contribution in [0.25, 0.3) is 5.69 Å². The number of hydrogen-bond donors (Lipinski definition) is 2. The topological polar surface area (TPSA) is 89.3 Å². The second kappa shape index (κ2) is 4.48. The molecular weight excluding hydrogens is 230 g/mol. The quantitative estimate of drug-likeness (QED) is 0.361. The molecule has 1 aromatic carbocycles. The molecule has 6 nitrogen and oxygen atoms in total. The first-order valence-electron chi connectivity index (χ1n) is 5.52. The number of rotatable bonds is 2. The molecule has 0 amide bonds. The summed E-state index contributed by atoms with van der Waals surface area (Å²) in [5.41, 5.74) is 8.09. The number of oxime groups is 1. The first kappa shape index (κ1) is 12.1. The molecule has 2 aromatic rings. The lowest BCUT2D eigenvalue weighted by atomic mass is 10.1. The third-order valence-corrected chi connectivity index (χ3v) is 2.71. The lowest BCUT2D eigenvalue weighted by Gasteiger charge is -2.12. The second-order valence-electron chi connectivity index (χ2n) is 4.07. The summed E-state index contributed by atoms with van der Waals surface area (Å²) in [4.78, 5) is 4.26. The van der Waals surface area contributed by atoms with Gasteiger partial charge in [-0.25, -0.2) is 9.67 Å². The summed E-state index contributed by atoms with van der Waals surface area (Å²) in [5, 5.41) is 16.2. The van der Waals surface area contributed by atoms with E-state index in [0.717, 1.165) is 17.1 Å². The highest BCUT2D eigenvalue weighted by atomic mass is 16.4. The molecule has 1 heterocycles. The highest BCUT2D eigenvalue weighted by Crippen LogP contribution is 2.20. The number of nitrogens with two attached hydrogens (primary N) is 1. The molecule has 0 radical (unpaired) electrons. The van der Waals surface area contributed by atoms with E-state index < -0.39 is 0 Å². The van der Waals surface area contributed by atoms with Crippen LogP contribution in [-0.2, 0) is 0 Å². The predicted molar refractivity (Wildman–Crippen MR) is 68.1 cm³/mol. The molecule has 0 spiro atoms. The van der Waals surface area contributed by atoms with E-state index in [0.29, 0.717) is 11.4 Å². The molecule has 94 valence electrons. The van der Waals surface area contributed by atoms with Crippen molar-refractivity contribution < 1.29 is 5.21 Å². The molecule has 0 saturated heterocycles. The van der Waals surface area contributed by atoms with Crippen molar-refractivity contribution in [2.24, 2.45) is 10.9 Å². The fraction of sp³-hybridized carbons (Fsp3) is 0.250. The average Bonchev–Trinajstić information content (AvgIpc) is 2.67. The van der Waals surface area contributed by atoms with Crippen molar-refractivity contribution in [3.63, 3.8) is 0 Å². The van der Waals surface area contributed by atoms with Crippen molar-refractivity contribution in [3.8, 4) is 5.69 Å². The Morgan fingerprint density at radius 2 is 2.06 bits per heavy atom. The molecule has 0 aliphatic carbocycles. The summed E-state index contributed by atoms with van der Waals surface area (Å²) in [6.07, 6.45) is 0. The second-order valence-corrected chi connectivity index (χ2v) is 4.07. The smallest absolute Gasteiger partial charge is 0.172 e. The van der Waals surface area contributed by atoms with Gasteiger partial charge in [-0.3, -0.25) is 0 Å². The van der Waals surface area contributed by atoms with E-state index in [2.05, 4.69) is 15.2 Å². The van der Waals surface area contributed by atoms with Crippen LogP contribution in [0.15, 0.2) is 23.4 Å². The molecular formula is C12H15N5O. The Morgan fingerprint density at radius 1 is 1.33 bits per heavy atom. The van der Waals surface area contributed by atoms with Gasteiger partial charge in [-0.2, -0.15) is 5.10 Å². The van der Waals surface area contributed by atoms with Crippen LogP contribution in [0.5, 0.6) is 0 Å². The number of para-hydroxylation sites is 1. The molecule has 6 heteroatoms. The van der Waals surface area contributed by atoms with Gasteiger partial charge in [-0.05, 0) is 32.4 Å². The van der Waals surface area contributed by atoms with Crippen molar-refractivity contribution >= 4 is 5.84 Å². The zero-order valence-corrected chi connectivity index (χ0v) is 10.5. The van der Waals surface area contributed by atoms with Gasteiger partial charge in [-0.15, -0.1) is 0 Å². The average molecular weight is 245 g/mol. The predicted octanol–water partition coefficient (Wildman–Crippen LogP) is 1.29. The summed E-state index contributed by atoms with van der Waals surface area (Å²) in [5.74, 6) is 1.50. The van der Waals surface area contributed by atoms with Gasteiger partial charge in [0.15, 0.2) is 5.84 Å². The Bertz CT molecular complexity index is 615. The van der Waals surface area contributed by atoms with Crippen LogP contribution in [-0.4, -0.2) is 25.8 Å². The summed E-state index contributed by atoms with van der Waals surface area (Å²) >= 11 is 0. The first-order valence-corrected chi connectivity index (χ1v) is 5.52. The Labute approximate surface area is 105 Å². The van der Waals surface area contributed by atoms with E-state index in [1.807, 2.05) is 32.9 Å². The van der Waals surface area contributed by atoms with Gasteiger partial charge in [0, 0.05) is 5.56 Å². The molecule has 0 fully saturated rings. The molecule has 0 aliphatic rings. The number of hydrogen-bond acceptors (Lipinski definition) is 4. The molecule has 0 bridgehead atoms. The molecule has 3 N–H and O–H groups in total. The maximum atomic E-state index is 8.84.